The fourth-order valence-corrected chi connectivity index (χ4v) is 1.48. The molecule has 0 aliphatic carbocycles. The van der Waals surface area contributed by atoms with Crippen molar-refractivity contribution in [3.05, 3.63) is 29.3 Å². The van der Waals surface area contributed by atoms with E-state index in [0.717, 1.165) is 12.2 Å². The van der Waals surface area contributed by atoms with Crippen LogP contribution in [-0.4, -0.2) is 19.0 Å². The Kier molecular flexibility index (Phi) is 5.29. The molecule has 0 aliphatic rings. The lowest BCUT2D eigenvalue weighted by Gasteiger charge is -2.12. The third-order valence-corrected chi connectivity index (χ3v) is 2.48. The minimum Gasteiger partial charge on any atom is -0.326 e. The zero-order valence-corrected chi connectivity index (χ0v) is 10.3. The third-order valence-electron chi connectivity index (χ3n) is 2.24. The van der Waals surface area contributed by atoms with Crippen LogP contribution in [0.25, 0.3) is 0 Å². The summed E-state index contributed by atoms with van der Waals surface area (Å²) in [4.78, 5) is 11.7. The molecule has 4 heteroatoms. The number of benzene rings is 1. The average molecular weight is 241 g/mol. The monoisotopic (exact) mass is 240 g/mol. The van der Waals surface area contributed by atoms with Crippen LogP contribution in [0.1, 0.15) is 13.8 Å². The molecule has 0 saturated heterocycles. The second kappa shape index (κ2) is 6.51. The summed E-state index contributed by atoms with van der Waals surface area (Å²) in [6.07, 6.45) is 0. The second-order valence-corrected chi connectivity index (χ2v) is 4.14. The molecular formula is C12H17ClN2O. The van der Waals surface area contributed by atoms with Gasteiger partial charge in [0, 0.05) is 23.2 Å². The molecule has 1 rings (SSSR count). The predicted octanol–water partition coefficient (Wildman–Crippen LogP) is 2.52. The van der Waals surface area contributed by atoms with Gasteiger partial charge in [-0.1, -0.05) is 31.5 Å². The van der Waals surface area contributed by atoms with Gasteiger partial charge in [-0.2, -0.15) is 0 Å². The number of hydrogen-bond acceptors (Lipinski definition) is 2. The van der Waals surface area contributed by atoms with Gasteiger partial charge in [0.25, 0.3) is 0 Å². The van der Waals surface area contributed by atoms with E-state index in [1.807, 2.05) is 26.0 Å². The Hall–Kier alpha value is -1.06. The maximum absolute atomic E-state index is 11.7. The number of amides is 1. The van der Waals surface area contributed by atoms with Crippen LogP contribution in [0.5, 0.6) is 0 Å². The van der Waals surface area contributed by atoms with Crippen LogP contribution in [0.4, 0.5) is 5.69 Å². The lowest BCUT2D eigenvalue weighted by molar-refractivity contribution is -0.119. The molecule has 1 aromatic rings. The summed E-state index contributed by atoms with van der Waals surface area (Å²) in [7, 11) is 0. The van der Waals surface area contributed by atoms with Gasteiger partial charge in [-0.05, 0) is 24.7 Å². The van der Waals surface area contributed by atoms with Gasteiger partial charge >= 0.3 is 0 Å². The maximum atomic E-state index is 11.7. The first-order valence-corrected chi connectivity index (χ1v) is 5.78. The molecule has 0 saturated carbocycles. The summed E-state index contributed by atoms with van der Waals surface area (Å²) in [5.41, 5.74) is 0.737. The standard InChI is InChI=1S/C12H17ClN2O/c1-3-14-8-9(2)12(16)15-11-6-4-5-10(13)7-11/h4-7,9,14H,3,8H2,1-2H3,(H,15,16). The molecule has 1 aromatic carbocycles. The summed E-state index contributed by atoms with van der Waals surface area (Å²) >= 11 is 5.83. The number of carbonyl (C=O) groups excluding carboxylic acids is 1. The van der Waals surface area contributed by atoms with Crippen LogP contribution < -0.4 is 10.6 Å². The van der Waals surface area contributed by atoms with Crippen molar-refractivity contribution in [2.24, 2.45) is 5.92 Å². The molecular weight excluding hydrogens is 224 g/mol. The molecule has 0 aromatic heterocycles. The lowest BCUT2D eigenvalue weighted by Crippen LogP contribution is -2.30. The molecule has 0 bridgehead atoms. The number of carbonyl (C=O) groups is 1. The van der Waals surface area contributed by atoms with E-state index in [1.54, 1.807) is 12.1 Å². The SMILES string of the molecule is CCNCC(C)C(=O)Nc1cccc(Cl)c1. The summed E-state index contributed by atoms with van der Waals surface area (Å²) in [6.45, 7) is 5.46. The molecule has 2 N–H and O–H groups in total. The van der Waals surface area contributed by atoms with E-state index in [9.17, 15) is 4.79 Å². The van der Waals surface area contributed by atoms with Gasteiger partial charge in [0.05, 0.1) is 0 Å². The summed E-state index contributed by atoms with van der Waals surface area (Å²) in [6, 6.07) is 7.15. The van der Waals surface area contributed by atoms with Crippen LogP contribution in [0.3, 0.4) is 0 Å². The molecule has 0 heterocycles. The van der Waals surface area contributed by atoms with Gasteiger partial charge in [-0.25, -0.2) is 0 Å². The average Bonchev–Trinajstić information content (AvgIpc) is 2.25. The molecule has 1 unspecified atom stereocenters. The van der Waals surface area contributed by atoms with E-state index in [4.69, 9.17) is 11.6 Å². The fraction of sp³-hybridized carbons (Fsp3) is 0.417. The largest absolute Gasteiger partial charge is 0.326 e. The molecule has 16 heavy (non-hydrogen) atoms. The smallest absolute Gasteiger partial charge is 0.228 e. The number of halogens is 1. The van der Waals surface area contributed by atoms with Crippen LogP contribution >= 0.6 is 11.6 Å². The normalized spacial score (nSPS) is 12.2. The minimum atomic E-state index is -0.0565. The molecule has 1 atom stereocenters. The van der Waals surface area contributed by atoms with Gasteiger partial charge in [-0.3, -0.25) is 4.79 Å². The highest BCUT2D eigenvalue weighted by Crippen LogP contribution is 2.15. The molecule has 0 spiro atoms. The van der Waals surface area contributed by atoms with E-state index >= 15 is 0 Å². The van der Waals surface area contributed by atoms with Crippen molar-refractivity contribution in [2.45, 2.75) is 13.8 Å². The maximum Gasteiger partial charge on any atom is 0.228 e. The van der Waals surface area contributed by atoms with Crippen molar-refractivity contribution in [3.63, 3.8) is 0 Å². The molecule has 1 amide bonds. The first kappa shape index (κ1) is 13.0. The minimum absolute atomic E-state index is 0.00298. The Labute approximate surface area is 101 Å². The predicted molar refractivity (Wildman–Crippen MR) is 67.8 cm³/mol. The molecule has 0 fully saturated rings. The van der Waals surface area contributed by atoms with Crippen LogP contribution in [0, 0.1) is 5.92 Å². The van der Waals surface area contributed by atoms with Crippen LogP contribution in [0.2, 0.25) is 5.02 Å². The van der Waals surface area contributed by atoms with Crippen molar-refractivity contribution in [3.8, 4) is 0 Å². The Bertz CT molecular complexity index is 355. The molecule has 0 aliphatic heterocycles. The van der Waals surface area contributed by atoms with Gasteiger partial charge in [0.1, 0.15) is 0 Å². The van der Waals surface area contributed by atoms with Crippen LogP contribution in [0.15, 0.2) is 24.3 Å². The Morgan fingerprint density at radius 2 is 2.25 bits per heavy atom. The van der Waals surface area contributed by atoms with E-state index in [1.165, 1.54) is 0 Å². The van der Waals surface area contributed by atoms with Crippen LogP contribution in [-0.2, 0) is 4.79 Å². The number of hydrogen-bond donors (Lipinski definition) is 2. The summed E-state index contributed by atoms with van der Waals surface area (Å²) in [5, 5.41) is 6.59. The van der Waals surface area contributed by atoms with Gasteiger partial charge in [-0.15, -0.1) is 0 Å². The summed E-state index contributed by atoms with van der Waals surface area (Å²) in [5.74, 6) is -0.0536. The van der Waals surface area contributed by atoms with Gasteiger partial charge < -0.3 is 10.6 Å². The van der Waals surface area contributed by atoms with Crippen molar-refractivity contribution < 1.29 is 4.79 Å². The molecule has 0 radical (unpaired) electrons. The Balaban J connectivity index is 2.50. The summed E-state index contributed by atoms with van der Waals surface area (Å²) < 4.78 is 0. The van der Waals surface area contributed by atoms with Crippen molar-refractivity contribution >= 4 is 23.2 Å². The van der Waals surface area contributed by atoms with Crippen molar-refractivity contribution in [2.75, 3.05) is 18.4 Å². The van der Waals surface area contributed by atoms with E-state index in [0.29, 0.717) is 11.6 Å². The number of nitrogens with one attached hydrogen (secondary N) is 2. The van der Waals surface area contributed by atoms with E-state index < -0.39 is 0 Å². The first-order valence-electron chi connectivity index (χ1n) is 5.40. The zero-order chi connectivity index (χ0) is 12.0. The van der Waals surface area contributed by atoms with Gasteiger partial charge in [0.2, 0.25) is 5.91 Å². The van der Waals surface area contributed by atoms with Gasteiger partial charge in [0.15, 0.2) is 0 Å². The van der Waals surface area contributed by atoms with Crippen molar-refractivity contribution in [1.29, 1.82) is 0 Å². The Morgan fingerprint density at radius 1 is 1.50 bits per heavy atom. The highest BCUT2D eigenvalue weighted by molar-refractivity contribution is 6.30. The number of anilines is 1. The molecule has 88 valence electrons. The lowest BCUT2D eigenvalue weighted by atomic mass is 10.1. The second-order valence-electron chi connectivity index (χ2n) is 3.71. The molecule has 3 nitrogen and oxygen atoms in total. The van der Waals surface area contributed by atoms with E-state index in [2.05, 4.69) is 10.6 Å². The zero-order valence-electron chi connectivity index (χ0n) is 9.59. The quantitative estimate of drug-likeness (QED) is 0.831. The van der Waals surface area contributed by atoms with Crippen molar-refractivity contribution in [1.82, 2.24) is 5.32 Å². The first-order chi connectivity index (χ1) is 7.63. The highest BCUT2D eigenvalue weighted by atomic mass is 35.5. The third kappa shape index (κ3) is 4.21. The Morgan fingerprint density at radius 3 is 2.88 bits per heavy atom. The fourth-order valence-electron chi connectivity index (χ4n) is 1.29. The topological polar surface area (TPSA) is 41.1 Å². The van der Waals surface area contributed by atoms with E-state index in [-0.39, 0.29) is 11.8 Å². The number of rotatable bonds is 5. The highest BCUT2D eigenvalue weighted by Gasteiger charge is 2.11.